The molecule has 20 heavy (non-hydrogen) atoms. The fourth-order valence-corrected chi connectivity index (χ4v) is 2.42. The number of aromatic nitrogens is 1. The third kappa shape index (κ3) is 4.08. The first-order chi connectivity index (χ1) is 9.39. The van der Waals surface area contributed by atoms with Crippen LogP contribution < -0.4 is 10.2 Å². The van der Waals surface area contributed by atoms with E-state index in [1.807, 2.05) is 12.1 Å². The lowest BCUT2D eigenvalue weighted by molar-refractivity contribution is 0.121. The second kappa shape index (κ2) is 6.29. The second-order valence-corrected chi connectivity index (χ2v) is 6.70. The summed E-state index contributed by atoms with van der Waals surface area (Å²) >= 11 is 6.24. The average Bonchev–Trinajstić information content (AvgIpc) is 2.85. The van der Waals surface area contributed by atoms with Crippen molar-refractivity contribution in [1.29, 1.82) is 0 Å². The Morgan fingerprint density at radius 1 is 1.45 bits per heavy atom. The smallest absolute Gasteiger partial charge is 0.129 e. The minimum atomic E-state index is 0.0514. The topological polar surface area (TPSA) is 37.4 Å². The van der Waals surface area contributed by atoms with Crippen molar-refractivity contribution in [2.75, 3.05) is 25.1 Å². The molecule has 0 radical (unpaired) electrons. The highest BCUT2D eigenvalue weighted by Crippen LogP contribution is 2.23. The van der Waals surface area contributed by atoms with E-state index in [9.17, 15) is 0 Å². The van der Waals surface area contributed by atoms with Crippen molar-refractivity contribution in [3.63, 3.8) is 0 Å². The molecule has 1 N–H and O–H groups in total. The number of hydrogen-bond donors (Lipinski definition) is 1. The van der Waals surface area contributed by atoms with Gasteiger partial charge in [-0.3, -0.25) is 0 Å². The molecule has 0 aliphatic carbocycles. The van der Waals surface area contributed by atoms with Crippen LogP contribution in [-0.4, -0.2) is 36.8 Å². The molecular weight excluding hydrogens is 274 g/mol. The molecule has 1 aromatic heterocycles. The van der Waals surface area contributed by atoms with Crippen LogP contribution in [0, 0.1) is 0 Å². The van der Waals surface area contributed by atoms with Gasteiger partial charge in [-0.25, -0.2) is 4.98 Å². The number of nitrogens with zero attached hydrogens (tertiary/aromatic N) is 2. The standard InChI is InChI=1S/C15H24ClN3O/c1-15(2,3)17-9-13-12(16)5-6-14(18-13)19-8-7-11(10-19)20-4/h5-6,11,17H,7-10H2,1-4H3. The van der Waals surface area contributed by atoms with Crippen molar-refractivity contribution in [2.24, 2.45) is 0 Å². The number of nitrogens with one attached hydrogen (secondary N) is 1. The molecule has 0 spiro atoms. The fourth-order valence-electron chi connectivity index (χ4n) is 2.25. The molecule has 2 rings (SSSR count). The molecule has 5 heteroatoms. The van der Waals surface area contributed by atoms with Crippen molar-refractivity contribution < 1.29 is 4.74 Å². The van der Waals surface area contributed by atoms with E-state index in [1.54, 1.807) is 7.11 Å². The van der Waals surface area contributed by atoms with Crippen molar-refractivity contribution in [3.05, 3.63) is 22.8 Å². The largest absolute Gasteiger partial charge is 0.380 e. The zero-order chi connectivity index (χ0) is 14.8. The van der Waals surface area contributed by atoms with Crippen LogP contribution >= 0.6 is 11.6 Å². The molecule has 0 bridgehead atoms. The van der Waals surface area contributed by atoms with E-state index in [2.05, 4.69) is 31.0 Å². The predicted octanol–water partition coefficient (Wildman–Crippen LogP) is 2.85. The molecule has 0 aromatic carbocycles. The summed E-state index contributed by atoms with van der Waals surface area (Å²) in [4.78, 5) is 6.96. The van der Waals surface area contributed by atoms with Crippen LogP contribution in [-0.2, 0) is 11.3 Å². The minimum Gasteiger partial charge on any atom is -0.380 e. The van der Waals surface area contributed by atoms with Crippen LogP contribution in [0.4, 0.5) is 5.82 Å². The van der Waals surface area contributed by atoms with Crippen LogP contribution in [0.3, 0.4) is 0 Å². The molecule has 1 aliphatic heterocycles. The zero-order valence-corrected chi connectivity index (χ0v) is 13.5. The highest BCUT2D eigenvalue weighted by Gasteiger charge is 2.23. The highest BCUT2D eigenvalue weighted by molar-refractivity contribution is 6.31. The van der Waals surface area contributed by atoms with Crippen molar-refractivity contribution in [3.8, 4) is 0 Å². The summed E-state index contributed by atoms with van der Waals surface area (Å²) in [5.74, 6) is 0.986. The minimum absolute atomic E-state index is 0.0514. The number of hydrogen-bond acceptors (Lipinski definition) is 4. The maximum atomic E-state index is 6.24. The summed E-state index contributed by atoms with van der Waals surface area (Å²) in [7, 11) is 1.77. The lowest BCUT2D eigenvalue weighted by Crippen LogP contribution is -2.35. The summed E-state index contributed by atoms with van der Waals surface area (Å²) in [6.07, 6.45) is 1.36. The summed E-state index contributed by atoms with van der Waals surface area (Å²) in [6, 6.07) is 3.92. The summed E-state index contributed by atoms with van der Waals surface area (Å²) in [5, 5.41) is 4.14. The van der Waals surface area contributed by atoms with E-state index < -0.39 is 0 Å². The molecule has 1 aromatic rings. The van der Waals surface area contributed by atoms with Gasteiger partial charge in [-0.15, -0.1) is 0 Å². The Morgan fingerprint density at radius 3 is 2.80 bits per heavy atom. The Kier molecular flexibility index (Phi) is 4.89. The molecular formula is C15H24ClN3O. The summed E-state index contributed by atoms with van der Waals surface area (Å²) in [6.45, 7) is 8.96. The van der Waals surface area contributed by atoms with Gasteiger partial charge in [-0.2, -0.15) is 0 Å². The third-order valence-corrected chi connectivity index (χ3v) is 3.84. The van der Waals surface area contributed by atoms with Gasteiger partial charge in [0.25, 0.3) is 0 Å². The van der Waals surface area contributed by atoms with Crippen molar-refractivity contribution >= 4 is 17.4 Å². The quantitative estimate of drug-likeness (QED) is 0.927. The van der Waals surface area contributed by atoms with E-state index in [0.29, 0.717) is 17.7 Å². The molecule has 4 nitrogen and oxygen atoms in total. The van der Waals surface area contributed by atoms with E-state index >= 15 is 0 Å². The average molecular weight is 298 g/mol. The normalized spacial score (nSPS) is 19.6. The number of ether oxygens (including phenoxy) is 1. The van der Waals surface area contributed by atoms with Crippen LogP contribution in [0.1, 0.15) is 32.9 Å². The fraction of sp³-hybridized carbons (Fsp3) is 0.667. The van der Waals surface area contributed by atoms with Gasteiger partial charge in [0.1, 0.15) is 5.82 Å². The van der Waals surface area contributed by atoms with Crippen LogP contribution in [0.25, 0.3) is 0 Å². The number of pyridine rings is 1. The maximum absolute atomic E-state index is 6.24. The monoisotopic (exact) mass is 297 g/mol. The van der Waals surface area contributed by atoms with Crippen LogP contribution in [0.15, 0.2) is 12.1 Å². The summed E-state index contributed by atoms with van der Waals surface area (Å²) in [5.41, 5.74) is 0.954. The third-order valence-electron chi connectivity index (χ3n) is 3.49. The Hall–Kier alpha value is -0.840. The molecule has 2 heterocycles. The number of halogens is 1. The molecule has 0 amide bonds. The summed E-state index contributed by atoms with van der Waals surface area (Å²) < 4.78 is 5.40. The molecule has 1 unspecified atom stereocenters. The number of methoxy groups -OCH3 is 1. The molecule has 1 atom stereocenters. The van der Waals surface area contributed by atoms with Gasteiger partial charge in [-0.1, -0.05) is 11.6 Å². The lowest BCUT2D eigenvalue weighted by atomic mass is 10.1. The molecule has 1 fully saturated rings. The second-order valence-electron chi connectivity index (χ2n) is 6.29. The SMILES string of the molecule is COC1CCN(c2ccc(Cl)c(CNC(C)(C)C)n2)C1. The lowest BCUT2D eigenvalue weighted by Gasteiger charge is -2.22. The van der Waals surface area contributed by atoms with Gasteiger partial charge in [0.05, 0.1) is 16.8 Å². The van der Waals surface area contributed by atoms with E-state index in [4.69, 9.17) is 21.3 Å². The first-order valence-corrected chi connectivity index (χ1v) is 7.45. The van der Waals surface area contributed by atoms with Gasteiger partial charge in [0.2, 0.25) is 0 Å². The molecule has 1 saturated heterocycles. The Morgan fingerprint density at radius 2 is 2.20 bits per heavy atom. The first-order valence-electron chi connectivity index (χ1n) is 7.07. The highest BCUT2D eigenvalue weighted by atomic mass is 35.5. The molecule has 0 saturated carbocycles. The van der Waals surface area contributed by atoms with Gasteiger partial charge >= 0.3 is 0 Å². The van der Waals surface area contributed by atoms with Crippen molar-refractivity contribution in [2.45, 2.75) is 45.4 Å². The van der Waals surface area contributed by atoms with Gasteiger partial charge in [-0.05, 0) is 39.3 Å². The first kappa shape index (κ1) is 15.5. The van der Waals surface area contributed by atoms with E-state index in [-0.39, 0.29) is 5.54 Å². The van der Waals surface area contributed by atoms with Crippen molar-refractivity contribution in [1.82, 2.24) is 10.3 Å². The molecule has 1 aliphatic rings. The zero-order valence-electron chi connectivity index (χ0n) is 12.7. The van der Waals surface area contributed by atoms with Gasteiger partial charge in [0.15, 0.2) is 0 Å². The van der Waals surface area contributed by atoms with E-state index in [1.165, 1.54) is 0 Å². The number of rotatable bonds is 4. The molecule has 112 valence electrons. The van der Waals surface area contributed by atoms with Crippen LogP contribution in [0.5, 0.6) is 0 Å². The Labute approximate surface area is 126 Å². The van der Waals surface area contributed by atoms with Crippen LogP contribution in [0.2, 0.25) is 5.02 Å². The van der Waals surface area contributed by atoms with Gasteiger partial charge in [0, 0.05) is 32.3 Å². The maximum Gasteiger partial charge on any atom is 0.129 e. The predicted molar refractivity (Wildman–Crippen MR) is 83.5 cm³/mol. The Balaban J connectivity index is 2.08. The van der Waals surface area contributed by atoms with Gasteiger partial charge < -0.3 is 15.0 Å². The Bertz CT molecular complexity index is 459. The number of anilines is 1. The van der Waals surface area contributed by atoms with E-state index in [0.717, 1.165) is 31.0 Å².